The second kappa shape index (κ2) is 7.25. The van der Waals surface area contributed by atoms with Crippen molar-refractivity contribution >= 4 is 5.91 Å². The first kappa shape index (κ1) is 15.5. The fraction of sp³-hybridized carbons (Fsp3) is 0.611. The molecule has 1 unspecified atom stereocenters. The van der Waals surface area contributed by atoms with E-state index in [1.807, 2.05) is 4.90 Å². The van der Waals surface area contributed by atoms with Gasteiger partial charge in [0, 0.05) is 19.1 Å². The number of hydrogen-bond donors (Lipinski definition) is 1. The molecule has 0 bridgehead atoms. The Kier molecular flexibility index (Phi) is 5.11. The van der Waals surface area contributed by atoms with Gasteiger partial charge in [-0.05, 0) is 49.9 Å². The molecule has 4 nitrogen and oxygen atoms in total. The van der Waals surface area contributed by atoms with Crippen LogP contribution in [0.2, 0.25) is 0 Å². The summed E-state index contributed by atoms with van der Waals surface area (Å²) < 4.78 is 0. The number of likely N-dealkylation sites (tertiary alicyclic amines) is 1. The van der Waals surface area contributed by atoms with E-state index in [1.54, 1.807) is 0 Å². The molecule has 2 heterocycles. The second-order valence-electron chi connectivity index (χ2n) is 6.53. The Morgan fingerprint density at radius 3 is 2.82 bits per heavy atom. The summed E-state index contributed by atoms with van der Waals surface area (Å²) in [4.78, 5) is 17.1. The Morgan fingerprint density at radius 1 is 1.18 bits per heavy atom. The Bertz CT molecular complexity index is 515. The monoisotopic (exact) mass is 301 g/mol. The van der Waals surface area contributed by atoms with E-state index in [-0.39, 0.29) is 5.91 Å². The van der Waals surface area contributed by atoms with Gasteiger partial charge in [-0.15, -0.1) is 0 Å². The average Bonchev–Trinajstić information content (AvgIpc) is 2.56. The summed E-state index contributed by atoms with van der Waals surface area (Å²) in [5.41, 5.74) is 8.43. The van der Waals surface area contributed by atoms with E-state index in [0.717, 1.165) is 32.5 Å². The van der Waals surface area contributed by atoms with E-state index < -0.39 is 0 Å². The maximum atomic E-state index is 12.7. The molecule has 0 aliphatic carbocycles. The van der Waals surface area contributed by atoms with Crippen molar-refractivity contribution in [2.24, 2.45) is 5.73 Å². The number of carbonyl (C=O) groups is 1. The topological polar surface area (TPSA) is 49.6 Å². The van der Waals surface area contributed by atoms with Gasteiger partial charge in [0.1, 0.15) is 0 Å². The zero-order chi connectivity index (χ0) is 15.4. The van der Waals surface area contributed by atoms with Crippen molar-refractivity contribution in [2.75, 3.05) is 26.2 Å². The third-order valence-corrected chi connectivity index (χ3v) is 5.07. The summed E-state index contributed by atoms with van der Waals surface area (Å²) in [5, 5.41) is 0. The van der Waals surface area contributed by atoms with Gasteiger partial charge in [0.25, 0.3) is 0 Å². The van der Waals surface area contributed by atoms with Crippen molar-refractivity contribution in [1.29, 1.82) is 0 Å². The first-order valence-corrected chi connectivity index (χ1v) is 8.56. The van der Waals surface area contributed by atoms with Crippen molar-refractivity contribution < 1.29 is 4.79 Å². The summed E-state index contributed by atoms with van der Waals surface area (Å²) in [6.45, 7) is 3.94. The number of amides is 1. The normalized spacial score (nSPS) is 22.4. The van der Waals surface area contributed by atoms with E-state index >= 15 is 0 Å². The molecule has 1 amide bonds. The molecule has 1 fully saturated rings. The first-order chi connectivity index (χ1) is 10.8. The molecule has 1 saturated heterocycles. The van der Waals surface area contributed by atoms with Gasteiger partial charge in [0.15, 0.2) is 0 Å². The molecule has 3 rings (SSSR count). The van der Waals surface area contributed by atoms with Gasteiger partial charge in [-0.25, -0.2) is 0 Å². The van der Waals surface area contributed by atoms with Gasteiger partial charge in [-0.2, -0.15) is 0 Å². The molecule has 2 aliphatic heterocycles. The van der Waals surface area contributed by atoms with Crippen molar-refractivity contribution in [3.05, 3.63) is 35.4 Å². The van der Waals surface area contributed by atoms with Crippen LogP contribution in [-0.2, 0) is 17.8 Å². The number of fused-ring (bicyclic) bond motifs is 1. The van der Waals surface area contributed by atoms with Crippen LogP contribution in [0.25, 0.3) is 0 Å². The molecule has 22 heavy (non-hydrogen) atoms. The van der Waals surface area contributed by atoms with E-state index in [1.165, 1.54) is 30.4 Å². The number of nitrogens with zero attached hydrogens (tertiary/aromatic N) is 2. The van der Waals surface area contributed by atoms with Gasteiger partial charge in [-0.1, -0.05) is 30.7 Å². The molecule has 0 radical (unpaired) electrons. The minimum atomic E-state index is 0.276. The van der Waals surface area contributed by atoms with Crippen LogP contribution in [-0.4, -0.2) is 47.9 Å². The standard InChI is InChI=1S/C18H27N3O/c19-10-8-17-7-3-4-11-20(17)14-18(22)21-12-9-15-5-1-2-6-16(15)13-21/h1-2,5-6,17H,3-4,7-14,19H2. The van der Waals surface area contributed by atoms with Gasteiger partial charge in [-0.3, -0.25) is 9.69 Å². The van der Waals surface area contributed by atoms with Crippen LogP contribution in [0, 0.1) is 0 Å². The Hall–Kier alpha value is -1.39. The van der Waals surface area contributed by atoms with E-state index in [4.69, 9.17) is 5.73 Å². The van der Waals surface area contributed by atoms with Crippen LogP contribution >= 0.6 is 0 Å². The lowest BCUT2D eigenvalue weighted by atomic mass is 9.98. The quantitative estimate of drug-likeness (QED) is 0.922. The highest BCUT2D eigenvalue weighted by Crippen LogP contribution is 2.21. The fourth-order valence-corrected chi connectivity index (χ4v) is 3.77. The summed E-state index contributed by atoms with van der Waals surface area (Å²) in [6.07, 6.45) is 5.65. The Morgan fingerprint density at radius 2 is 2.00 bits per heavy atom. The molecule has 1 aromatic carbocycles. The first-order valence-electron chi connectivity index (χ1n) is 8.56. The van der Waals surface area contributed by atoms with E-state index in [0.29, 0.717) is 19.1 Å². The van der Waals surface area contributed by atoms with E-state index in [9.17, 15) is 4.79 Å². The third-order valence-electron chi connectivity index (χ3n) is 5.07. The SMILES string of the molecule is NCCC1CCCCN1CC(=O)N1CCc2ccccc2C1. The van der Waals surface area contributed by atoms with Crippen LogP contribution in [0.1, 0.15) is 36.8 Å². The summed E-state index contributed by atoms with van der Waals surface area (Å²) >= 11 is 0. The molecule has 0 spiro atoms. The highest BCUT2D eigenvalue weighted by atomic mass is 16.2. The second-order valence-corrected chi connectivity index (χ2v) is 6.53. The highest BCUT2D eigenvalue weighted by Gasteiger charge is 2.27. The minimum absolute atomic E-state index is 0.276. The van der Waals surface area contributed by atoms with E-state index in [2.05, 4.69) is 29.2 Å². The number of carbonyl (C=O) groups excluding carboxylic acids is 1. The lowest BCUT2D eigenvalue weighted by Gasteiger charge is -2.37. The largest absolute Gasteiger partial charge is 0.337 e. The van der Waals surface area contributed by atoms with Crippen LogP contribution in [0.15, 0.2) is 24.3 Å². The number of nitrogens with two attached hydrogens (primary N) is 1. The highest BCUT2D eigenvalue weighted by molar-refractivity contribution is 5.78. The molecule has 2 N–H and O–H groups in total. The third kappa shape index (κ3) is 3.50. The summed E-state index contributed by atoms with van der Waals surface area (Å²) in [5.74, 6) is 0.276. The zero-order valence-corrected chi connectivity index (χ0v) is 13.3. The summed E-state index contributed by atoms with van der Waals surface area (Å²) in [7, 11) is 0. The maximum Gasteiger partial charge on any atom is 0.237 e. The van der Waals surface area contributed by atoms with Crippen LogP contribution < -0.4 is 5.73 Å². The lowest BCUT2D eigenvalue weighted by Crippen LogP contribution is -2.48. The molecule has 1 aromatic rings. The molecule has 1 atom stereocenters. The average molecular weight is 301 g/mol. The molecule has 120 valence electrons. The number of benzene rings is 1. The minimum Gasteiger partial charge on any atom is -0.337 e. The number of piperidine rings is 1. The van der Waals surface area contributed by atoms with Crippen molar-refractivity contribution in [3.8, 4) is 0 Å². The van der Waals surface area contributed by atoms with Crippen LogP contribution in [0.5, 0.6) is 0 Å². The van der Waals surface area contributed by atoms with Gasteiger partial charge in [0.2, 0.25) is 5.91 Å². The predicted octanol–water partition coefficient (Wildman–Crippen LogP) is 1.77. The predicted molar refractivity (Wildman–Crippen MR) is 88.4 cm³/mol. The van der Waals surface area contributed by atoms with Gasteiger partial charge in [0.05, 0.1) is 6.54 Å². The zero-order valence-electron chi connectivity index (χ0n) is 13.3. The molecule has 4 heteroatoms. The van der Waals surface area contributed by atoms with Gasteiger partial charge >= 0.3 is 0 Å². The number of rotatable bonds is 4. The van der Waals surface area contributed by atoms with Crippen molar-refractivity contribution in [3.63, 3.8) is 0 Å². The Balaban J connectivity index is 1.60. The summed E-state index contributed by atoms with van der Waals surface area (Å²) in [6, 6.07) is 8.97. The lowest BCUT2D eigenvalue weighted by molar-refractivity contribution is -0.134. The molecule has 0 aromatic heterocycles. The van der Waals surface area contributed by atoms with Crippen LogP contribution in [0.4, 0.5) is 0 Å². The maximum absolute atomic E-state index is 12.7. The fourth-order valence-electron chi connectivity index (χ4n) is 3.77. The smallest absolute Gasteiger partial charge is 0.237 e. The Labute approximate surface area is 133 Å². The van der Waals surface area contributed by atoms with Crippen molar-refractivity contribution in [2.45, 2.75) is 44.7 Å². The van der Waals surface area contributed by atoms with Crippen LogP contribution in [0.3, 0.4) is 0 Å². The van der Waals surface area contributed by atoms with Crippen molar-refractivity contribution in [1.82, 2.24) is 9.80 Å². The van der Waals surface area contributed by atoms with Gasteiger partial charge < -0.3 is 10.6 Å². The number of hydrogen-bond acceptors (Lipinski definition) is 3. The molecule has 2 aliphatic rings. The molecular weight excluding hydrogens is 274 g/mol. The molecule has 0 saturated carbocycles. The molecular formula is C18H27N3O.